The van der Waals surface area contributed by atoms with Crippen LogP contribution in [0.2, 0.25) is 0 Å². The van der Waals surface area contributed by atoms with Gasteiger partial charge in [-0.2, -0.15) is 0 Å². The average Bonchev–Trinajstić information content (AvgIpc) is 3.62. The third-order valence-electron chi connectivity index (χ3n) is 8.28. The van der Waals surface area contributed by atoms with Gasteiger partial charge in [0.05, 0.1) is 32.9 Å². The fourth-order valence-electron chi connectivity index (χ4n) is 5.98. The van der Waals surface area contributed by atoms with Crippen molar-refractivity contribution in [3.63, 3.8) is 0 Å². The Morgan fingerprint density at radius 1 is 1.05 bits per heavy atom. The molecule has 0 amide bonds. The lowest BCUT2D eigenvalue weighted by Crippen LogP contribution is -2.53. The molecule has 3 aliphatic heterocycles. The number of methoxy groups -OCH3 is 1. The lowest BCUT2D eigenvalue weighted by Gasteiger charge is -2.36. The number of alkyl halides is 1. The molecular weight excluding hydrogens is 567 g/mol. The fourth-order valence-corrected chi connectivity index (χ4v) is 5.98. The van der Waals surface area contributed by atoms with Crippen molar-refractivity contribution in [3.05, 3.63) is 112 Å². The summed E-state index contributed by atoms with van der Waals surface area (Å²) in [4.78, 5) is 18.7. The maximum Gasteiger partial charge on any atom is 0.173 e. The summed E-state index contributed by atoms with van der Waals surface area (Å²) in [6, 6.07) is 26.8. The molecule has 3 aromatic carbocycles. The van der Waals surface area contributed by atoms with Gasteiger partial charge < -0.3 is 29.9 Å². The minimum absolute atomic E-state index is 0.451. The first-order chi connectivity index (χ1) is 21.5. The first-order valence-corrected chi connectivity index (χ1v) is 14.0. The zero-order valence-electron chi connectivity index (χ0n) is 23.8. The molecule has 2 unspecified atom stereocenters. The van der Waals surface area contributed by atoms with Crippen LogP contribution in [-0.2, 0) is 10.3 Å². The average molecular weight is 599 g/mol. The van der Waals surface area contributed by atoms with Crippen LogP contribution in [0.4, 0.5) is 4.39 Å². The highest BCUT2D eigenvalue weighted by Gasteiger charge is 2.58. The minimum Gasteiger partial charge on any atom is -0.497 e. The molecule has 3 aromatic rings. The molecule has 0 aromatic heterocycles. The normalized spacial score (nSPS) is 28.4. The van der Waals surface area contributed by atoms with Crippen LogP contribution in [-0.4, -0.2) is 90.2 Å². The van der Waals surface area contributed by atoms with Gasteiger partial charge in [-0.3, -0.25) is 4.99 Å². The molecule has 3 N–H and O–H groups in total. The maximum absolute atomic E-state index is 15.6. The number of rotatable bonds is 9. The van der Waals surface area contributed by atoms with Crippen molar-refractivity contribution >= 4 is 18.5 Å². The Labute approximate surface area is 252 Å². The molecule has 44 heavy (non-hydrogen) atoms. The number of fused-ring (bicyclic) bond motifs is 1. The topological polar surface area (TPSA) is 160 Å². The number of azide groups is 1. The van der Waals surface area contributed by atoms with Crippen LogP contribution in [0.5, 0.6) is 5.75 Å². The van der Waals surface area contributed by atoms with Crippen molar-refractivity contribution in [1.29, 1.82) is 0 Å². The predicted octanol–water partition coefficient (Wildman–Crippen LogP) is 3.15. The Kier molecular flexibility index (Phi) is 8.02. The third-order valence-corrected chi connectivity index (χ3v) is 8.28. The van der Waals surface area contributed by atoms with Gasteiger partial charge in [-0.25, -0.2) is 14.4 Å². The van der Waals surface area contributed by atoms with Crippen LogP contribution in [0.1, 0.15) is 16.7 Å². The molecule has 12 nitrogen and oxygen atoms in total. The Morgan fingerprint density at radius 3 is 2.27 bits per heavy atom. The molecule has 0 radical (unpaired) electrons. The minimum atomic E-state index is -1.95. The summed E-state index contributed by atoms with van der Waals surface area (Å²) < 4.78 is 26.9. The largest absolute Gasteiger partial charge is 0.497 e. The molecule has 0 saturated carbocycles. The van der Waals surface area contributed by atoms with E-state index < -0.39 is 55.0 Å². The number of aliphatic hydroxyl groups excluding tert-OH is 2. The van der Waals surface area contributed by atoms with Crippen LogP contribution < -0.4 is 10.1 Å². The van der Waals surface area contributed by atoms with Crippen molar-refractivity contribution in [3.8, 4) is 5.75 Å². The molecular formula is C31H31FN8O4. The summed E-state index contributed by atoms with van der Waals surface area (Å²) >= 11 is 0. The van der Waals surface area contributed by atoms with Crippen molar-refractivity contribution in [2.75, 3.05) is 20.3 Å². The first kappa shape index (κ1) is 29.3. The van der Waals surface area contributed by atoms with Crippen LogP contribution >= 0.6 is 0 Å². The number of aliphatic imine (C=N–C) groups is 3. The van der Waals surface area contributed by atoms with Crippen molar-refractivity contribution in [2.45, 2.75) is 41.9 Å². The Bertz CT molecular complexity index is 1560. The third kappa shape index (κ3) is 4.85. The fraction of sp³-hybridized carbons (Fsp3) is 0.323. The van der Waals surface area contributed by atoms with Gasteiger partial charge in [0.25, 0.3) is 0 Å². The van der Waals surface area contributed by atoms with E-state index in [1.54, 1.807) is 7.11 Å². The smallest absolute Gasteiger partial charge is 0.173 e. The molecule has 13 heteroatoms. The number of hydrogen-bond donors (Lipinski definition) is 3. The second-order valence-electron chi connectivity index (χ2n) is 10.7. The van der Waals surface area contributed by atoms with Gasteiger partial charge in [-0.15, -0.1) is 0 Å². The number of nitrogens with zero attached hydrogens (tertiary/aromatic N) is 7. The lowest BCUT2D eigenvalue weighted by molar-refractivity contribution is -0.132. The number of hydrogen-bond acceptors (Lipinski definition) is 9. The summed E-state index contributed by atoms with van der Waals surface area (Å²) in [5.74, 6) is 1.18. The van der Waals surface area contributed by atoms with Gasteiger partial charge in [0.1, 0.15) is 34.9 Å². The highest BCUT2D eigenvalue weighted by molar-refractivity contribution is 6.00. The van der Waals surface area contributed by atoms with Crippen LogP contribution in [0.3, 0.4) is 0 Å². The van der Waals surface area contributed by atoms with E-state index in [2.05, 4.69) is 25.3 Å². The molecule has 6 rings (SSSR count). The Balaban J connectivity index is 1.43. The van der Waals surface area contributed by atoms with Crippen LogP contribution in [0, 0.1) is 0 Å². The quantitative estimate of drug-likeness (QED) is 0.148. The van der Waals surface area contributed by atoms with Gasteiger partial charge in [-0.05, 0) is 34.4 Å². The molecule has 0 spiro atoms. The summed E-state index contributed by atoms with van der Waals surface area (Å²) in [7, 11) is 1.61. The van der Waals surface area contributed by atoms with E-state index in [1.165, 1.54) is 17.6 Å². The number of ether oxygens (including phenoxy) is 2. The molecule has 3 aliphatic rings. The highest BCUT2D eigenvalue weighted by Crippen LogP contribution is 2.43. The molecule has 0 aliphatic carbocycles. The van der Waals surface area contributed by atoms with Crippen molar-refractivity contribution in [2.24, 2.45) is 20.1 Å². The maximum atomic E-state index is 15.6. The van der Waals surface area contributed by atoms with E-state index in [1.807, 2.05) is 84.9 Å². The SMILES string of the molecule is COc1ccc(C(N=C2NC=NC3C2N=CN3[C@@H]2O[C@@](CO)(CN=[N+]=[N-])[C@@H](O)[C@H]2F)(c2ccccc2)c2ccccc2)cc1. The van der Waals surface area contributed by atoms with Crippen molar-refractivity contribution < 1.29 is 24.1 Å². The van der Waals surface area contributed by atoms with Gasteiger partial charge in [0.15, 0.2) is 18.6 Å². The van der Waals surface area contributed by atoms with Crippen molar-refractivity contribution in [1.82, 2.24) is 10.2 Å². The highest BCUT2D eigenvalue weighted by atomic mass is 19.1. The molecule has 6 atom stereocenters. The van der Waals surface area contributed by atoms with E-state index in [4.69, 9.17) is 20.0 Å². The summed E-state index contributed by atoms with van der Waals surface area (Å²) in [6.45, 7) is -1.20. The number of aliphatic hydroxyl groups is 2. The second kappa shape index (κ2) is 12.1. The molecule has 3 heterocycles. The number of amidine groups is 1. The van der Waals surface area contributed by atoms with Crippen LogP contribution in [0.15, 0.2) is 105 Å². The Hall–Kier alpha value is -4.81. The zero-order valence-corrected chi connectivity index (χ0v) is 23.8. The summed E-state index contributed by atoms with van der Waals surface area (Å²) in [6.07, 6.45) is -2.91. The van der Waals surface area contributed by atoms with Gasteiger partial charge >= 0.3 is 0 Å². The lowest BCUT2D eigenvalue weighted by atomic mass is 9.77. The first-order valence-electron chi connectivity index (χ1n) is 14.0. The standard InChI is InChI=1S/C31H31FN8O4/c1-43-23-14-12-22(13-15-23)31(20-8-4-2-5-9-20,21-10-6-3-7-11-21)38-27-25-28(35-18-34-27)40(19-36-25)29-24(32)26(42)30(17-41,44-29)16-37-39-33/h2-15,18-19,24-26,28-29,41-42H,16-17H2,1H3,(H,34,35,38)/t24-,25?,26+,28?,29-,30-/m1/s1. The number of nitrogens with one attached hydrogen (secondary N) is 1. The zero-order chi connectivity index (χ0) is 30.7. The summed E-state index contributed by atoms with van der Waals surface area (Å²) in [5.41, 5.74) is 8.63. The van der Waals surface area contributed by atoms with E-state index >= 15 is 4.39 Å². The number of benzene rings is 3. The van der Waals surface area contributed by atoms with E-state index in [-0.39, 0.29) is 0 Å². The number of halogens is 1. The molecule has 1 fully saturated rings. The van der Waals surface area contributed by atoms with E-state index in [0.29, 0.717) is 11.6 Å². The van der Waals surface area contributed by atoms with Gasteiger partial charge in [0.2, 0.25) is 0 Å². The predicted molar refractivity (Wildman–Crippen MR) is 162 cm³/mol. The van der Waals surface area contributed by atoms with Crippen LogP contribution in [0.25, 0.3) is 10.4 Å². The molecule has 1 saturated heterocycles. The second-order valence-corrected chi connectivity index (χ2v) is 10.7. The van der Waals surface area contributed by atoms with E-state index in [0.717, 1.165) is 16.7 Å². The van der Waals surface area contributed by atoms with Gasteiger partial charge in [-0.1, -0.05) is 77.9 Å². The monoisotopic (exact) mass is 598 g/mol. The van der Waals surface area contributed by atoms with E-state index in [9.17, 15) is 10.2 Å². The molecule has 226 valence electrons. The Morgan fingerprint density at radius 2 is 1.68 bits per heavy atom. The summed E-state index contributed by atoms with van der Waals surface area (Å²) in [5, 5.41) is 27.3. The van der Waals surface area contributed by atoms with Gasteiger partial charge in [0, 0.05) is 4.91 Å². The molecule has 0 bridgehead atoms.